The standard InChI is InChI=1S/C22H27NO5/c1-4-8-16(2)23-21(24)15-28-22(25)18-11-12-19(20(13-18)26-3)27-14-17-9-6-5-7-10-17/h5-7,9-13,16H,4,8,14-15H2,1-3H3,(H,23,24)/t16-/m0/s1. The van der Waals surface area contributed by atoms with Crippen molar-refractivity contribution in [2.75, 3.05) is 13.7 Å². The molecule has 0 saturated heterocycles. The fourth-order valence-electron chi connectivity index (χ4n) is 2.69. The van der Waals surface area contributed by atoms with Crippen LogP contribution in [0.25, 0.3) is 0 Å². The lowest BCUT2D eigenvalue weighted by Crippen LogP contribution is -2.35. The number of benzene rings is 2. The van der Waals surface area contributed by atoms with E-state index in [0.717, 1.165) is 18.4 Å². The molecule has 0 saturated carbocycles. The molecule has 0 aromatic heterocycles. The minimum atomic E-state index is -0.591. The van der Waals surface area contributed by atoms with Crippen LogP contribution in [-0.4, -0.2) is 31.6 Å². The molecule has 2 rings (SSSR count). The number of esters is 1. The minimum Gasteiger partial charge on any atom is -0.493 e. The Morgan fingerprint density at radius 1 is 1.07 bits per heavy atom. The van der Waals surface area contributed by atoms with Crippen LogP contribution in [0.2, 0.25) is 0 Å². The topological polar surface area (TPSA) is 73.9 Å². The second-order valence-electron chi connectivity index (χ2n) is 6.47. The summed E-state index contributed by atoms with van der Waals surface area (Å²) in [5.41, 5.74) is 1.31. The van der Waals surface area contributed by atoms with E-state index >= 15 is 0 Å². The maximum absolute atomic E-state index is 12.2. The van der Waals surface area contributed by atoms with Crippen LogP contribution in [0.5, 0.6) is 11.5 Å². The van der Waals surface area contributed by atoms with Gasteiger partial charge in [-0.3, -0.25) is 4.79 Å². The Balaban J connectivity index is 1.92. The van der Waals surface area contributed by atoms with E-state index in [-0.39, 0.29) is 18.6 Å². The highest BCUT2D eigenvalue weighted by Crippen LogP contribution is 2.29. The van der Waals surface area contributed by atoms with Gasteiger partial charge in [0.05, 0.1) is 12.7 Å². The van der Waals surface area contributed by atoms with Gasteiger partial charge in [0.15, 0.2) is 18.1 Å². The van der Waals surface area contributed by atoms with E-state index in [1.807, 2.05) is 44.2 Å². The smallest absolute Gasteiger partial charge is 0.338 e. The van der Waals surface area contributed by atoms with Crippen LogP contribution in [0, 0.1) is 0 Å². The van der Waals surface area contributed by atoms with Gasteiger partial charge >= 0.3 is 5.97 Å². The molecule has 1 atom stereocenters. The molecule has 0 bridgehead atoms. The van der Waals surface area contributed by atoms with Crippen molar-refractivity contribution < 1.29 is 23.8 Å². The number of nitrogens with one attached hydrogen (secondary N) is 1. The van der Waals surface area contributed by atoms with Gasteiger partial charge in [-0.25, -0.2) is 4.79 Å². The maximum Gasteiger partial charge on any atom is 0.338 e. The number of hydrogen-bond acceptors (Lipinski definition) is 5. The van der Waals surface area contributed by atoms with Crippen molar-refractivity contribution in [3.05, 3.63) is 59.7 Å². The van der Waals surface area contributed by atoms with Crippen molar-refractivity contribution in [3.8, 4) is 11.5 Å². The van der Waals surface area contributed by atoms with Crippen molar-refractivity contribution in [1.82, 2.24) is 5.32 Å². The van der Waals surface area contributed by atoms with E-state index in [9.17, 15) is 9.59 Å². The molecule has 0 fully saturated rings. The molecule has 0 unspecified atom stereocenters. The zero-order valence-electron chi connectivity index (χ0n) is 16.6. The molecule has 0 aliphatic rings. The fourth-order valence-corrected chi connectivity index (χ4v) is 2.69. The Hall–Kier alpha value is -3.02. The SMILES string of the molecule is CCC[C@H](C)NC(=O)COC(=O)c1ccc(OCc2ccccc2)c(OC)c1. The Morgan fingerprint density at radius 3 is 2.50 bits per heavy atom. The summed E-state index contributed by atoms with van der Waals surface area (Å²) in [6.07, 6.45) is 1.85. The van der Waals surface area contributed by atoms with Crippen molar-refractivity contribution in [3.63, 3.8) is 0 Å². The lowest BCUT2D eigenvalue weighted by Gasteiger charge is -2.14. The number of amides is 1. The molecule has 6 heteroatoms. The van der Waals surface area contributed by atoms with E-state index in [1.54, 1.807) is 18.2 Å². The second-order valence-corrected chi connectivity index (χ2v) is 6.47. The van der Waals surface area contributed by atoms with E-state index in [0.29, 0.717) is 23.7 Å². The highest BCUT2D eigenvalue weighted by Gasteiger charge is 2.15. The number of methoxy groups -OCH3 is 1. The van der Waals surface area contributed by atoms with Crippen LogP contribution in [0.3, 0.4) is 0 Å². The zero-order valence-corrected chi connectivity index (χ0v) is 16.6. The third-order valence-electron chi connectivity index (χ3n) is 4.10. The van der Waals surface area contributed by atoms with Gasteiger partial charge in [-0.1, -0.05) is 43.7 Å². The molecule has 2 aromatic rings. The van der Waals surface area contributed by atoms with Gasteiger partial charge in [0, 0.05) is 6.04 Å². The summed E-state index contributed by atoms with van der Waals surface area (Å²) in [4.78, 5) is 24.0. The highest BCUT2D eigenvalue weighted by atomic mass is 16.5. The summed E-state index contributed by atoms with van der Waals surface area (Å²) < 4.78 is 16.2. The summed E-state index contributed by atoms with van der Waals surface area (Å²) in [5, 5.41) is 2.79. The predicted octanol–water partition coefficient (Wildman–Crippen LogP) is 3.74. The van der Waals surface area contributed by atoms with Crippen LogP contribution < -0.4 is 14.8 Å². The van der Waals surface area contributed by atoms with Gasteiger partial charge in [0.25, 0.3) is 5.91 Å². The first-order chi connectivity index (χ1) is 13.5. The molecule has 6 nitrogen and oxygen atoms in total. The third kappa shape index (κ3) is 6.61. The molecule has 0 spiro atoms. The van der Waals surface area contributed by atoms with Crippen molar-refractivity contribution in [1.29, 1.82) is 0 Å². The van der Waals surface area contributed by atoms with E-state index in [4.69, 9.17) is 14.2 Å². The van der Waals surface area contributed by atoms with Crippen LogP contribution >= 0.6 is 0 Å². The lowest BCUT2D eigenvalue weighted by molar-refractivity contribution is -0.124. The fraction of sp³-hybridized carbons (Fsp3) is 0.364. The summed E-state index contributed by atoms with van der Waals surface area (Å²) in [6, 6.07) is 14.6. The molecule has 0 radical (unpaired) electrons. The lowest BCUT2D eigenvalue weighted by atomic mass is 10.2. The Bertz CT molecular complexity index is 776. The summed E-state index contributed by atoms with van der Waals surface area (Å²) >= 11 is 0. The molecular formula is C22H27NO5. The van der Waals surface area contributed by atoms with Gasteiger partial charge in [0.2, 0.25) is 0 Å². The number of hydrogen-bond donors (Lipinski definition) is 1. The number of carbonyl (C=O) groups is 2. The Kier molecular flexibility index (Phi) is 8.34. The summed E-state index contributed by atoms with van der Waals surface area (Å²) in [6.45, 7) is 4.03. The number of ether oxygens (including phenoxy) is 3. The molecule has 150 valence electrons. The number of rotatable bonds is 10. The largest absolute Gasteiger partial charge is 0.493 e. The van der Waals surface area contributed by atoms with Gasteiger partial charge in [0.1, 0.15) is 6.61 Å². The van der Waals surface area contributed by atoms with Crippen LogP contribution in [0.1, 0.15) is 42.6 Å². The minimum absolute atomic E-state index is 0.0531. The first kappa shape index (κ1) is 21.3. The van der Waals surface area contributed by atoms with Crippen molar-refractivity contribution in [2.24, 2.45) is 0 Å². The molecular weight excluding hydrogens is 358 g/mol. The first-order valence-electron chi connectivity index (χ1n) is 9.34. The van der Waals surface area contributed by atoms with Crippen molar-refractivity contribution >= 4 is 11.9 Å². The van der Waals surface area contributed by atoms with Gasteiger partial charge in [-0.15, -0.1) is 0 Å². The average Bonchev–Trinajstić information content (AvgIpc) is 2.71. The van der Waals surface area contributed by atoms with Crippen LogP contribution in [0.4, 0.5) is 0 Å². The van der Waals surface area contributed by atoms with Gasteiger partial charge < -0.3 is 19.5 Å². The highest BCUT2D eigenvalue weighted by molar-refractivity contribution is 5.92. The maximum atomic E-state index is 12.2. The molecule has 0 heterocycles. The molecule has 1 amide bonds. The van der Waals surface area contributed by atoms with E-state index in [2.05, 4.69) is 5.32 Å². The summed E-state index contributed by atoms with van der Waals surface area (Å²) in [5.74, 6) is 0.0377. The summed E-state index contributed by atoms with van der Waals surface area (Å²) in [7, 11) is 1.50. The zero-order chi connectivity index (χ0) is 20.4. The normalized spacial score (nSPS) is 11.4. The van der Waals surface area contributed by atoms with Crippen LogP contribution in [-0.2, 0) is 16.1 Å². The number of carbonyl (C=O) groups excluding carboxylic acids is 2. The second kappa shape index (κ2) is 11.0. The van der Waals surface area contributed by atoms with E-state index in [1.165, 1.54) is 7.11 Å². The molecule has 1 N–H and O–H groups in total. The van der Waals surface area contributed by atoms with E-state index < -0.39 is 5.97 Å². The Labute approximate surface area is 165 Å². The predicted molar refractivity (Wildman–Crippen MR) is 107 cm³/mol. The molecule has 0 aliphatic carbocycles. The molecule has 2 aromatic carbocycles. The quantitative estimate of drug-likeness (QED) is 0.631. The van der Waals surface area contributed by atoms with Crippen LogP contribution in [0.15, 0.2) is 48.5 Å². The van der Waals surface area contributed by atoms with Gasteiger partial charge in [-0.2, -0.15) is 0 Å². The first-order valence-corrected chi connectivity index (χ1v) is 9.34. The third-order valence-corrected chi connectivity index (χ3v) is 4.10. The molecule has 0 aliphatic heterocycles. The Morgan fingerprint density at radius 2 is 1.82 bits per heavy atom. The monoisotopic (exact) mass is 385 g/mol. The molecule has 28 heavy (non-hydrogen) atoms. The van der Waals surface area contributed by atoms with Gasteiger partial charge in [-0.05, 0) is 37.1 Å². The average molecular weight is 385 g/mol. The van der Waals surface area contributed by atoms with Crippen molar-refractivity contribution in [2.45, 2.75) is 39.3 Å².